The molecule has 1 fully saturated rings. The molecule has 0 radical (unpaired) electrons. The topological polar surface area (TPSA) is 75.7 Å². The maximum absolute atomic E-state index is 12.8. The van der Waals surface area contributed by atoms with Crippen LogP contribution in [0.5, 0.6) is 0 Å². The van der Waals surface area contributed by atoms with Crippen LogP contribution < -0.4 is 9.62 Å². The van der Waals surface area contributed by atoms with Crippen LogP contribution in [0.3, 0.4) is 0 Å². The highest BCUT2D eigenvalue weighted by Crippen LogP contribution is 2.25. The fraction of sp³-hybridized carbons (Fsp3) is 0.316. The Kier molecular flexibility index (Phi) is 5.58. The van der Waals surface area contributed by atoms with Crippen LogP contribution in [-0.2, 0) is 14.8 Å². The van der Waals surface area contributed by atoms with Crippen LogP contribution in [-0.4, -0.2) is 40.6 Å². The molecule has 1 atom stereocenters. The molecule has 2 aromatic rings. The highest BCUT2D eigenvalue weighted by atomic mass is 32.2. The van der Waals surface area contributed by atoms with Crippen molar-refractivity contribution in [2.75, 3.05) is 24.5 Å². The number of para-hydroxylation sites is 1. The van der Waals surface area contributed by atoms with E-state index in [9.17, 15) is 13.2 Å². The summed E-state index contributed by atoms with van der Waals surface area (Å²) in [4.78, 5) is 12.8. The molecule has 0 saturated carbocycles. The molecule has 1 N–H and O–H groups in total. The van der Waals surface area contributed by atoms with Crippen LogP contribution in [0.2, 0.25) is 0 Å². The zero-order valence-corrected chi connectivity index (χ0v) is 15.4. The Labute approximate surface area is 153 Å². The van der Waals surface area contributed by atoms with E-state index in [1.165, 1.54) is 19.2 Å². The van der Waals surface area contributed by atoms with E-state index in [1.807, 2.05) is 0 Å². The Hall–Kier alpha value is -2.38. The number of amides is 1. The van der Waals surface area contributed by atoms with E-state index in [1.54, 1.807) is 42.5 Å². The van der Waals surface area contributed by atoms with Gasteiger partial charge in [0.05, 0.1) is 22.3 Å². The van der Waals surface area contributed by atoms with E-state index in [0.29, 0.717) is 17.8 Å². The average Bonchev–Trinajstić information content (AvgIpc) is 3.20. The maximum atomic E-state index is 12.8. The first kappa shape index (κ1) is 18.4. The van der Waals surface area contributed by atoms with Crippen molar-refractivity contribution in [2.45, 2.75) is 23.8 Å². The summed E-state index contributed by atoms with van der Waals surface area (Å²) in [7, 11) is -2.30. The van der Waals surface area contributed by atoms with Gasteiger partial charge in [-0.2, -0.15) is 0 Å². The third kappa shape index (κ3) is 3.89. The minimum atomic E-state index is -3.75. The number of nitrogens with zero attached hydrogens (tertiary/aromatic N) is 1. The number of rotatable bonds is 6. The van der Waals surface area contributed by atoms with E-state index in [4.69, 9.17) is 4.74 Å². The van der Waals surface area contributed by atoms with Crippen LogP contribution in [0.25, 0.3) is 0 Å². The number of ether oxygens (including phenoxy) is 1. The summed E-state index contributed by atoms with van der Waals surface area (Å²) in [6.07, 6.45) is 1.94. The lowest BCUT2D eigenvalue weighted by atomic mass is 10.1. The molecule has 1 amide bonds. The molecule has 0 aromatic heterocycles. The maximum Gasteiger partial charge on any atom is 0.264 e. The number of benzene rings is 2. The van der Waals surface area contributed by atoms with Crippen LogP contribution >= 0.6 is 0 Å². The van der Waals surface area contributed by atoms with Crippen molar-refractivity contribution in [3.63, 3.8) is 0 Å². The van der Waals surface area contributed by atoms with Gasteiger partial charge in [-0.3, -0.25) is 9.10 Å². The van der Waals surface area contributed by atoms with E-state index in [0.717, 1.165) is 23.8 Å². The van der Waals surface area contributed by atoms with Crippen molar-refractivity contribution in [3.05, 3.63) is 60.2 Å². The standard InChI is InChI=1S/C19H22N2O4S/c1-21(26(23,24)16-9-3-2-4-10-16)18-12-6-5-11-17(18)19(22)20-14-15-8-7-13-25-15/h2-6,9-12,15H,7-8,13-14H2,1H3,(H,20,22)/t15-/m1/s1. The number of nitrogens with one attached hydrogen (secondary N) is 1. The molecule has 2 aromatic carbocycles. The average molecular weight is 374 g/mol. The van der Waals surface area contributed by atoms with Gasteiger partial charge in [-0.1, -0.05) is 30.3 Å². The van der Waals surface area contributed by atoms with E-state index < -0.39 is 10.0 Å². The number of hydrogen-bond acceptors (Lipinski definition) is 4. The Morgan fingerprint density at radius 1 is 1.15 bits per heavy atom. The van der Waals surface area contributed by atoms with E-state index >= 15 is 0 Å². The Balaban J connectivity index is 1.83. The Morgan fingerprint density at radius 3 is 2.54 bits per heavy atom. The van der Waals surface area contributed by atoms with Crippen molar-refractivity contribution < 1.29 is 17.9 Å². The first-order chi connectivity index (χ1) is 12.5. The van der Waals surface area contributed by atoms with Crippen molar-refractivity contribution >= 4 is 21.6 Å². The fourth-order valence-corrected chi connectivity index (χ4v) is 4.16. The molecule has 138 valence electrons. The number of anilines is 1. The lowest BCUT2D eigenvalue weighted by Gasteiger charge is -2.22. The smallest absolute Gasteiger partial charge is 0.264 e. The van der Waals surface area contributed by atoms with Crippen molar-refractivity contribution in [1.82, 2.24) is 5.32 Å². The van der Waals surface area contributed by atoms with Crippen molar-refractivity contribution in [2.24, 2.45) is 0 Å². The van der Waals surface area contributed by atoms with Crippen molar-refractivity contribution in [3.8, 4) is 0 Å². The molecule has 0 bridgehead atoms. The fourth-order valence-electron chi connectivity index (χ4n) is 2.93. The second-order valence-corrected chi connectivity index (χ2v) is 8.12. The number of carbonyl (C=O) groups excluding carboxylic acids is 1. The van der Waals surface area contributed by atoms with Gasteiger partial charge in [-0.15, -0.1) is 0 Å². The van der Waals surface area contributed by atoms with Gasteiger partial charge in [-0.25, -0.2) is 8.42 Å². The number of carbonyl (C=O) groups is 1. The Bertz CT molecular complexity index is 862. The molecule has 1 saturated heterocycles. The van der Waals surface area contributed by atoms with E-state index in [-0.39, 0.29) is 16.9 Å². The summed E-state index contributed by atoms with van der Waals surface area (Å²) in [6.45, 7) is 1.14. The molecule has 0 aliphatic carbocycles. The molecule has 0 unspecified atom stereocenters. The molecule has 26 heavy (non-hydrogen) atoms. The summed E-state index contributed by atoms with van der Waals surface area (Å²) in [5.74, 6) is -0.314. The third-order valence-electron chi connectivity index (χ3n) is 4.40. The van der Waals surface area contributed by atoms with Gasteiger partial charge in [0.15, 0.2) is 0 Å². The minimum Gasteiger partial charge on any atom is -0.376 e. The van der Waals surface area contributed by atoms with Gasteiger partial charge in [0.1, 0.15) is 0 Å². The minimum absolute atomic E-state index is 0.0249. The summed E-state index contributed by atoms with van der Waals surface area (Å²) >= 11 is 0. The molecular formula is C19H22N2O4S. The third-order valence-corrected chi connectivity index (χ3v) is 6.19. The van der Waals surface area contributed by atoms with E-state index in [2.05, 4.69) is 5.32 Å². The highest BCUT2D eigenvalue weighted by Gasteiger charge is 2.25. The molecular weight excluding hydrogens is 352 g/mol. The Morgan fingerprint density at radius 2 is 1.85 bits per heavy atom. The molecule has 6 nitrogen and oxygen atoms in total. The lowest BCUT2D eigenvalue weighted by Crippen LogP contribution is -2.34. The highest BCUT2D eigenvalue weighted by molar-refractivity contribution is 7.92. The quantitative estimate of drug-likeness (QED) is 0.843. The largest absolute Gasteiger partial charge is 0.376 e. The predicted molar refractivity (Wildman–Crippen MR) is 99.8 cm³/mol. The van der Waals surface area contributed by atoms with Crippen LogP contribution in [0.4, 0.5) is 5.69 Å². The van der Waals surface area contributed by atoms with Gasteiger partial charge < -0.3 is 10.1 Å². The second kappa shape index (κ2) is 7.88. The SMILES string of the molecule is CN(c1ccccc1C(=O)NC[C@H]1CCCO1)S(=O)(=O)c1ccccc1. The second-order valence-electron chi connectivity index (χ2n) is 6.15. The van der Waals surface area contributed by atoms with Crippen LogP contribution in [0, 0.1) is 0 Å². The summed E-state index contributed by atoms with van der Waals surface area (Å²) in [5, 5.41) is 2.84. The zero-order valence-electron chi connectivity index (χ0n) is 14.6. The molecule has 7 heteroatoms. The molecule has 1 heterocycles. The summed E-state index contributed by atoms with van der Waals surface area (Å²) < 4.78 is 32.3. The van der Waals surface area contributed by atoms with Crippen LogP contribution in [0.15, 0.2) is 59.5 Å². The molecule has 1 aliphatic heterocycles. The van der Waals surface area contributed by atoms with Crippen molar-refractivity contribution in [1.29, 1.82) is 0 Å². The number of hydrogen-bond donors (Lipinski definition) is 1. The normalized spacial score (nSPS) is 17.0. The van der Waals surface area contributed by atoms with Gasteiger partial charge in [0.25, 0.3) is 15.9 Å². The van der Waals surface area contributed by atoms with Gasteiger partial charge in [-0.05, 0) is 37.1 Å². The van der Waals surface area contributed by atoms with Gasteiger partial charge in [0.2, 0.25) is 0 Å². The predicted octanol–water partition coefficient (Wildman–Crippen LogP) is 2.42. The monoisotopic (exact) mass is 374 g/mol. The first-order valence-electron chi connectivity index (χ1n) is 8.53. The zero-order chi connectivity index (χ0) is 18.6. The number of sulfonamides is 1. The van der Waals surface area contributed by atoms with Gasteiger partial charge >= 0.3 is 0 Å². The van der Waals surface area contributed by atoms with Crippen LogP contribution in [0.1, 0.15) is 23.2 Å². The summed E-state index contributed by atoms with van der Waals surface area (Å²) in [6, 6.07) is 14.8. The summed E-state index contributed by atoms with van der Waals surface area (Å²) in [5.41, 5.74) is 0.647. The van der Waals surface area contributed by atoms with Gasteiger partial charge in [0, 0.05) is 20.2 Å². The molecule has 1 aliphatic rings. The first-order valence-corrected chi connectivity index (χ1v) is 9.97. The molecule has 3 rings (SSSR count). The molecule has 0 spiro atoms. The lowest BCUT2D eigenvalue weighted by molar-refractivity contribution is 0.0858.